The molecule has 3 rings (SSSR count). The predicted molar refractivity (Wildman–Crippen MR) is 141 cm³/mol. The average Bonchev–Trinajstić information content (AvgIpc) is 3.20. The van der Waals surface area contributed by atoms with Crippen LogP contribution in [-0.4, -0.2) is 44.4 Å². The first-order valence-electron chi connectivity index (χ1n) is 11.1. The Morgan fingerprint density at radius 1 is 0.944 bits per heavy atom. The smallest absolute Gasteiger partial charge is 0.408 e. The number of aromatic amines is 1. The van der Waals surface area contributed by atoms with E-state index in [-0.39, 0.29) is 12.8 Å². The zero-order valence-corrected chi connectivity index (χ0v) is 22.0. The maximum absolute atomic E-state index is 13.3. The van der Waals surface area contributed by atoms with Gasteiger partial charge < -0.3 is 26.1 Å². The third kappa shape index (κ3) is 7.06. The number of para-hydroxylation sites is 1. The third-order valence-corrected chi connectivity index (χ3v) is 7.05. The van der Waals surface area contributed by atoms with Crippen LogP contribution in [0.2, 0.25) is 0 Å². The molecule has 0 aliphatic heterocycles. The molecule has 1 aromatic heterocycles. The molecule has 8 nitrogen and oxygen atoms in total. The van der Waals surface area contributed by atoms with Crippen LogP contribution in [0.5, 0.6) is 0 Å². The largest absolute Gasteiger partial charge is 0.439 e. The lowest BCUT2D eigenvalue weighted by atomic mass is 10.0. The predicted octanol–water partition coefficient (Wildman–Crippen LogP) is 4.17. The highest BCUT2D eigenvalue weighted by Gasteiger charge is 2.44. The van der Waals surface area contributed by atoms with Gasteiger partial charge in [-0.15, -0.1) is 0 Å². The number of aromatic nitrogens is 1. The molecule has 0 bridgehead atoms. The molecule has 36 heavy (non-hydrogen) atoms. The fourth-order valence-corrected chi connectivity index (χ4v) is 3.65. The monoisotopic (exact) mass is 552 g/mol. The van der Waals surface area contributed by atoms with Crippen molar-refractivity contribution in [2.45, 2.75) is 48.2 Å². The van der Waals surface area contributed by atoms with Crippen molar-refractivity contribution in [3.63, 3.8) is 0 Å². The number of rotatable bonds is 9. The van der Waals surface area contributed by atoms with Gasteiger partial charge in [-0.25, -0.2) is 4.79 Å². The van der Waals surface area contributed by atoms with Crippen LogP contribution in [0, 0.1) is 0 Å². The van der Waals surface area contributed by atoms with Gasteiger partial charge in [0.15, 0.2) is 5.60 Å². The summed E-state index contributed by atoms with van der Waals surface area (Å²) in [5.74, 6) is -1.33. The zero-order chi connectivity index (χ0) is 26.5. The van der Waals surface area contributed by atoms with Gasteiger partial charge in [0.05, 0.1) is 0 Å². The van der Waals surface area contributed by atoms with Gasteiger partial charge in [-0.1, -0.05) is 83.3 Å². The van der Waals surface area contributed by atoms with Gasteiger partial charge in [-0.2, -0.15) is 0 Å². The number of ether oxygens (including phenoxy) is 1. The Morgan fingerprint density at radius 3 is 2.22 bits per heavy atom. The first-order valence-corrected chi connectivity index (χ1v) is 12.3. The SMILES string of the molecule is CC(C)(OC(=O)N[C@@H](Cc1c[nH]c2ccccc12)C(=O)N[C@@H](Cc1ccccc1)C(N)=O)C(Cl)(Cl)Cl. The van der Waals surface area contributed by atoms with E-state index >= 15 is 0 Å². The Kier molecular flexibility index (Phi) is 8.76. The molecule has 0 radical (unpaired) electrons. The van der Waals surface area contributed by atoms with Crippen LogP contribution in [0.1, 0.15) is 25.0 Å². The lowest BCUT2D eigenvalue weighted by molar-refractivity contribution is -0.128. The lowest BCUT2D eigenvalue weighted by Gasteiger charge is -2.32. The highest BCUT2D eigenvalue weighted by atomic mass is 35.6. The van der Waals surface area contributed by atoms with Gasteiger partial charge in [0.25, 0.3) is 0 Å². The van der Waals surface area contributed by atoms with Crippen LogP contribution in [0.25, 0.3) is 10.9 Å². The number of alkyl carbamates (subject to hydrolysis) is 1. The van der Waals surface area contributed by atoms with Gasteiger partial charge >= 0.3 is 6.09 Å². The summed E-state index contributed by atoms with van der Waals surface area (Å²) in [6.07, 6.45) is 1.06. The number of carbonyl (C=O) groups is 3. The number of nitrogens with one attached hydrogen (secondary N) is 3. The molecule has 0 saturated heterocycles. The molecule has 1 heterocycles. The summed E-state index contributed by atoms with van der Waals surface area (Å²) in [4.78, 5) is 41.3. The van der Waals surface area contributed by atoms with Gasteiger partial charge in [-0.3, -0.25) is 9.59 Å². The summed E-state index contributed by atoms with van der Waals surface area (Å²) in [5.41, 5.74) is 6.51. The highest BCUT2D eigenvalue weighted by Crippen LogP contribution is 2.40. The number of primary amides is 1. The minimum absolute atomic E-state index is 0.0932. The van der Waals surface area contributed by atoms with E-state index in [1.54, 1.807) is 6.20 Å². The van der Waals surface area contributed by atoms with Gasteiger partial charge in [-0.05, 0) is 31.0 Å². The van der Waals surface area contributed by atoms with Crippen LogP contribution in [0.4, 0.5) is 4.79 Å². The second kappa shape index (κ2) is 11.4. The molecule has 2 atom stereocenters. The van der Waals surface area contributed by atoms with Crippen molar-refractivity contribution in [3.05, 3.63) is 71.9 Å². The molecule has 2 aromatic carbocycles. The number of fused-ring (bicyclic) bond motifs is 1. The fourth-order valence-electron chi connectivity index (χ4n) is 3.54. The van der Waals surface area contributed by atoms with Crippen molar-refractivity contribution in [1.82, 2.24) is 15.6 Å². The van der Waals surface area contributed by atoms with E-state index in [0.29, 0.717) is 0 Å². The Hall–Kier alpha value is -2.94. The lowest BCUT2D eigenvalue weighted by Crippen LogP contribution is -2.55. The minimum Gasteiger partial charge on any atom is -0.439 e. The molecule has 192 valence electrons. The molecule has 0 spiro atoms. The highest BCUT2D eigenvalue weighted by molar-refractivity contribution is 6.68. The third-order valence-electron chi connectivity index (χ3n) is 5.68. The molecule has 3 amide bonds. The van der Waals surface area contributed by atoms with Crippen LogP contribution in [0.3, 0.4) is 0 Å². The van der Waals surface area contributed by atoms with Gasteiger partial charge in [0, 0.05) is 29.9 Å². The Balaban J connectivity index is 1.83. The van der Waals surface area contributed by atoms with Crippen LogP contribution >= 0.6 is 34.8 Å². The van der Waals surface area contributed by atoms with E-state index in [0.717, 1.165) is 22.0 Å². The standard InChI is InChI=1S/C25H27Cl3N4O4/c1-24(2,25(26,27)28)36-23(35)32-20(13-16-14-30-18-11-7-6-10-17(16)18)22(34)31-19(21(29)33)12-15-8-4-3-5-9-15/h3-11,14,19-20,30H,12-13H2,1-2H3,(H2,29,33)(H,31,34)(H,32,35)/t19-,20-/m0/s1. The van der Waals surface area contributed by atoms with E-state index in [1.807, 2.05) is 54.6 Å². The van der Waals surface area contributed by atoms with E-state index in [2.05, 4.69) is 15.6 Å². The molecule has 11 heteroatoms. The number of alkyl halides is 3. The summed E-state index contributed by atoms with van der Waals surface area (Å²) in [6, 6.07) is 14.5. The normalized spacial score (nSPS) is 13.6. The van der Waals surface area contributed by atoms with Gasteiger partial charge in [0.1, 0.15) is 12.1 Å². The summed E-state index contributed by atoms with van der Waals surface area (Å²) in [7, 11) is 0. The number of H-pyrrole nitrogens is 1. The summed E-state index contributed by atoms with van der Waals surface area (Å²) in [5, 5.41) is 6.07. The summed E-state index contributed by atoms with van der Waals surface area (Å²) in [6.45, 7) is 2.86. The maximum Gasteiger partial charge on any atom is 0.408 e. The number of carbonyl (C=O) groups excluding carboxylic acids is 3. The Morgan fingerprint density at radius 2 is 1.58 bits per heavy atom. The van der Waals surface area contributed by atoms with E-state index in [4.69, 9.17) is 45.3 Å². The number of amides is 3. The van der Waals surface area contributed by atoms with Crippen molar-refractivity contribution >= 4 is 63.6 Å². The Labute approximate surface area is 223 Å². The second-order valence-electron chi connectivity index (χ2n) is 8.81. The average molecular weight is 554 g/mol. The molecule has 3 aromatic rings. The van der Waals surface area contributed by atoms with Crippen molar-refractivity contribution in [2.24, 2.45) is 5.73 Å². The first kappa shape index (κ1) is 27.6. The van der Waals surface area contributed by atoms with Crippen molar-refractivity contribution in [2.75, 3.05) is 0 Å². The van der Waals surface area contributed by atoms with Crippen molar-refractivity contribution in [1.29, 1.82) is 0 Å². The molecule has 0 unspecified atom stereocenters. The molecular weight excluding hydrogens is 527 g/mol. The number of halogens is 3. The second-order valence-corrected chi connectivity index (χ2v) is 11.1. The molecule has 0 saturated carbocycles. The van der Waals surface area contributed by atoms with Crippen LogP contribution in [0.15, 0.2) is 60.8 Å². The van der Waals surface area contributed by atoms with E-state index in [9.17, 15) is 14.4 Å². The van der Waals surface area contributed by atoms with Crippen molar-refractivity contribution < 1.29 is 19.1 Å². The Bertz CT molecular complexity index is 1220. The first-order chi connectivity index (χ1) is 16.9. The minimum atomic E-state index is -1.91. The van der Waals surface area contributed by atoms with Crippen molar-refractivity contribution in [3.8, 4) is 0 Å². The van der Waals surface area contributed by atoms with E-state index in [1.165, 1.54) is 13.8 Å². The quantitative estimate of drug-likeness (QED) is 0.297. The molecule has 0 aliphatic rings. The molecule has 0 fully saturated rings. The van der Waals surface area contributed by atoms with E-state index < -0.39 is 39.4 Å². The fraction of sp³-hybridized carbons (Fsp3) is 0.320. The van der Waals surface area contributed by atoms with Gasteiger partial charge in [0.2, 0.25) is 15.6 Å². The number of hydrogen-bond donors (Lipinski definition) is 4. The van der Waals surface area contributed by atoms with Crippen LogP contribution in [-0.2, 0) is 27.2 Å². The number of hydrogen-bond acceptors (Lipinski definition) is 4. The summed E-state index contributed by atoms with van der Waals surface area (Å²) < 4.78 is 3.40. The molecule has 0 aliphatic carbocycles. The topological polar surface area (TPSA) is 126 Å². The number of nitrogens with two attached hydrogens (primary N) is 1. The zero-order valence-electron chi connectivity index (χ0n) is 19.7. The molecule has 5 N–H and O–H groups in total. The summed E-state index contributed by atoms with van der Waals surface area (Å²) >= 11 is 17.8. The maximum atomic E-state index is 13.3. The number of benzene rings is 2. The van der Waals surface area contributed by atoms with Crippen LogP contribution < -0.4 is 16.4 Å². The molecular formula is C25H27Cl3N4O4.